The van der Waals surface area contributed by atoms with Crippen LogP contribution in [0.2, 0.25) is 0 Å². The summed E-state index contributed by atoms with van der Waals surface area (Å²) in [5, 5.41) is 13.5. The topological polar surface area (TPSA) is 97.1 Å². The number of nitrogens with one attached hydrogen (secondary N) is 1. The highest BCUT2D eigenvalue weighted by atomic mass is 32.2. The standard InChI is InChI=1S/C29H26N4O3S/c1-19-12-14-31-26(16-19)33-27(34)13-15-37-29-23(18-30)22(17-24(32-29)20-8-5-4-6-9-20)21-10-7-11-25(35-2)28(21)36-3/h4-12,14,16-17H,13,15H2,1-3H3,(H,31,33,34). The Morgan fingerprint density at radius 3 is 2.54 bits per heavy atom. The number of methoxy groups -OCH3 is 2. The molecule has 8 heteroatoms. The van der Waals surface area contributed by atoms with Crippen LogP contribution < -0.4 is 14.8 Å². The second kappa shape index (κ2) is 12.1. The molecule has 37 heavy (non-hydrogen) atoms. The summed E-state index contributed by atoms with van der Waals surface area (Å²) in [5.41, 5.74) is 4.47. The summed E-state index contributed by atoms with van der Waals surface area (Å²) in [5.74, 6) is 1.90. The van der Waals surface area contributed by atoms with Crippen molar-refractivity contribution in [3.8, 4) is 40.0 Å². The number of nitriles is 1. The maximum absolute atomic E-state index is 12.5. The number of ether oxygens (including phenoxy) is 2. The molecule has 0 aliphatic rings. The number of anilines is 1. The van der Waals surface area contributed by atoms with Crippen LogP contribution in [-0.2, 0) is 4.79 Å². The molecule has 0 bridgehead atoms. The van der Waals surface area contributed by atoms with E-state index in [9.17, 15) is 10.1 Å². The van der Waals surface area contributed by atoms with E-state index in [-0.39, 0.29) is 12.3 Å². The molecule has 2 aromatic heterocycles. The van der Waals surface area contributed by atoms with Crippen molar-refractivity contribution in [3.63, 3.8) is 0 Å². The van der Waals surface area contributed by atoms with Gasteiger partial charge in [0.2, 0.25) is 5.91 Å². The van der Waals surface area contributed by atoms with Gasteiger partial charge in [0.05, 0.1) is 25.5 Å². The summed E-state index contributed by atoms with van der Waals surface area (Å²) >= 11 is 1.37. The number of amides is 1. The van der Waals surface area contributed by atoms with Gasteiger partial charge in [-0.1, -0.05) is 42.5 Å². The van der Waals surface area contributed by atoms with E-state index in [2.05, 4.69) is 16.4 Å². The molecule has 0 fully saturated rings. The Bertz CT molecular complexity index is 1450. The van der Waals surface area contributed by atoms with Crippen LogP contribution >= 0.6 is 11.8 Å². The maximum Gasteiger partial charge on any atom is 0.226 e. The zero-order chi connectivity index (χ0) is 26.2. The number of para-hydroxylation sites is 1. The average Bonchev–Trinajstić information content (AvgIpc) is 2.92. The maximum atomic E-state index is 12.5. The molecule has 0 saturated carbocycles. The Hall–Kier alpha value is -4.35. The summed E-state index contributed by atoms with van der Waals surface area (Å²) in [4.78, 5) is 21.5. The molecule has 1 amide bonds. The highest BCUT2D eigenvalue weighted by Gasteiger charge is 2.20. The van der Waals surface area contributed by atoms with Gasteiger partial charge < -0.3 is 14.8 Å². The van der Waals surface area contributed by atoms with E-state index in [1.165, 1.54) is 11.8 Å². The van der Waals surface area contributed by atoms with Crippen molar-refractivity contribution >= 4 is 23.5 Å². The lowest BCUT2D eigenvalue weighted by Crippen LogP contribution is -2.13. The number of rotatable bonds is 9. The van der Waals surface area contributed by atoms with Crippen LogP contribution in [0.3, 0.4) is 0 Å². The SMILES string of the molecule is COc1cccc(-c2cc(-c3ccccc3)nc(SCCC(=O)Nc3cc(C)ccn3)c2C#N)c1OC. The number of hydrogen-bond acceptors (Lipinski definition) is 7. The van der Waals surface area contributed by atoms with Crippen molar-refractivity contribution in [2.24, 2.45) is 0 Å². The smallest absolute Gasteiger partial charge is 0.226 e. The van der Waals surface area contributed by atoms with E-state index in [0.29, 0.717) is 39.2 Å². The van der Waals surface area contributed by atoms with Gasteiger partial charge in [-0.15, -0.1) is 11.8 Å². The molecule has 0 spiro atoms. The van der Waals surface area contributed by atoms with Crippen LogP contribution in [0.4, 0.5) is 5.82 Å². The van der Waals surface area contributed by atoms with Gasteiger partial charge in [0.15, 0.2) is 11.5 Å². The van der Waals surface area contributed by atoms with Gasteiger partial charge in [-0.2, -0.15) is 5.26 Å². The van der Waals surface area contributed by atoms with Crippen LogP contribution in [0, 0.1) is 18.3 Å². The lowest BCUT2D eigenvalue weighted by molar-refractivity contribution is -0.115. The van der Waals surface area contributed by atoms with E-state index < -0.39 is 0 Å². The first-order valence-corrected chi connectivity index (χ1v) is 12.6. The Morgan fingerprint density at radius 2 is 1.84 bits per heavy atom. The van der Waals surface area contributed by atoms with Crippen molar-refractivity contribution in [3.05, 3.63) is 84.1 Å². The normalized spacial score (nSPS) is 10.4. The zero-order valence-corrected chi connectivity index (χ0v) is 21.6. The number of nitrogens with zero attached hydrogens (tertiary/aromatic N) is 3. The lowest BCUT2D eigenvalue weighted by Gasteiger charge is -2.16. The number of carbonyl (C=O) groups is 1. The van der Waals surface area contributed by atoms with Gasteiger partial charge in [-0.3, -0.25) is 4.79 Å². The molecule has 0 aliphatic heterocycles. The van der Waals surface area contributed by atoms with Crippen molar-refractivity contribution in [2.75, 3.05) is 25.3 Å². The highest BCUT2D eigenvalue weighted by Crippen LogP contribution is 2.42. The first-order valence-electron chi connectivity index (χ1n) is 11.6. The molecule has 0 aliphatic carbocycles. The largest absolute Gasteiger partial charge is 0.493 e. The fourth-order valence-electron chi connectivity index (χ4n) is 3.85. The summed E-state index contributed by atoms with van der Waals surface area (Å²) in [7, 11) is 3.15. The molecule has 2 heterocycles. The summed E-state index contributed by atoms with van der Waals surface area (Å²) in [6.45, 7) is 1.94. The Morgan fingerprint density at radius 1 is 1.03 bits per heavy atom. The van der Waals surface area contributed by atoms with E-state index in [0.717, 1.165) is 22.4 Å². The molecule has 186 valence electrons. The van der Waals surface area contributed by atoms with Crippen molar-refractivity contribution in [2.45, 2.75) is 18.4 Å². The first kappa shape index (κ1) is 25.7. The minimum Gasteiger partial charge on any atom is -0.493 e. The lowest BCUT2D eigenvalue weighted by atomic mass is 9.98. The highest BCUT2D eigenvalue weighted by molar-refractivity contribution is 7.99. The van der Waals surface area contributed by atoms with Gasteiger partial charge in [-0.05, 0) is 36.8 Å². The number of carbonyl (C=O) groups excluding carboxylic acids is 1. The quantitative estimate of drug-likeness (QED) is 0.271. The summed E-state index contributed by atoms with van der Waals surface area (Å²) < 4.78 is 11.1. The van der Waals surface area contributed by atoms with Gasteiger partial charge in [-0.25, -0.2) is 9.97 Å². The minimum absolute atomic E-state index is 0.155. The molecular formula is C29H26N4O3S. The first-order chi connectivity index (χ1) is 18.0. The van der Waals surface area contributed by atoms with Crippen LogP contribution in [0.1, 0.15) is 17.5 Å². The summed E-state index contributed by atoms with van der Waals surface area (Å²) in [6.07, 6.45) is 1.90. The third-order valence-corrected chi connectivity index (χ3v) is 6.59. The molecular weight excluding hydrogens is 484 g/mol. The second-order valence-corrected chi connectivity index (χ2v) is 9.20. The zero-order valence-electron chi connectivity index (χ0n) is 20.8. The number of pyridine rings is 2. The monoisotopic (exact) mass is 510 g/mol. The third-order valence-electron chi connectivity index (χ3n) is 5.61. The van der Waals surface area contributed by atoms with Crippen molar-refractivity contribution in [1.82, 2.24) is 9.97 Å². The number of benzene rings is 2. The van der Waals surface area contributed by atoms with E-state index >= 15 is 0 Å². The van der Waals surface area contributed by atoms with Gasteiger partial charge in [0.25, 0.3) is 0 Å². The van der Waals surface area contributed by atoms with Crippen LogP contribution in [-0.4, -0.2) is 35.8 Å². The fourth-order valence-corrected chi connectivity index (χ4v) is 4.80. The average molecular weight is 511 g/mol. The summed E-state index contributed by atoms with van der Waals surface area (Å²) in [6, 6.07) is 23.2. The van der Waals surface area contributed by atoms with Gasteiger partial charge >= 0.3 is 0 Å². The molecule has 0 unspecified atom stereocenters. The van der Waals surface area contributed by atoms with E-state index in [1.54, 1.807) is 20.4 Å². The Balaban J connectivity index is 1.68. The Kier molecular flexibility index (Phi) is 8.39. The number of hydrogen-bond donors (Lipinski definition) is 1. The van der Waals surface area contributed by atoms with E-state index in [4.69, 9.17) is 14.5 Å². The number of aromatic nitrogens is 2. The minimum atomic E-state index is -0.155. The van der Waals surface area contributed by atoms with Crippen LogP contribution in [0.25, 0.3) is 22.4 Å². The molecule has 4 rings (SSSR count). The van der Waals surface area contributed by atoms with Crippen LogP contribution in [0.5, 0.6) is 11.5 Å². The number of aryl methyl sites for hydroxylation is 1. The molecule has 7 nitrogen and oxygen atoms in total. The molecule has 4 aromatic rings. The third kappa shape index (κ3) is 6.08. The molecule has 0 radical (unpaired) electrons. The Labute approximate surface area is 220 Å². The predicted molar refractivity (Wildman–Crippen MR) is 146 cm³/mol. The van der Waals surface area contributed by atoms with Crippen molar-refractivity contribution in [1.29, 1.82) is 5.26 Å². The second-order valence-electron chi connectivity index (χ2n) is 8.12. The van der Waals surface area contributed by atoms with Crippen molar-refractivity contribution < 1.29 is 14.3 Å². The van der Waals surface area contributed by atoms with E-state index in [1.807, 2.05) is 73.7 Å². The number of thioether (sulfide) groups is 1. The molecule has 2 aromatic carbocycles. The predicted octanol–water partition coefficient (Wildman–Crippen LogP) is 6.13. The van der Waals surface area contributed by atoms with Gasteiger partial charge in [0.1, 0.15) is 16.9 Å². The molecule has 1 N–H and O–H groups in total. The molecule has 0 atom stereocenters. The molecule has 0 saturated heterocycles. The van der Waals surface area contributed by atoms with Crippen LogP contribution in [0.15, 0.2) is 78.0 Å². The fraction of sp³-hybridized carbons (Fsp3) is 0.172. The van der Waals surface area contributed by atoms with Gasteiger partial charge in [0, 0.05) is 35.1 Å².